The van der Waals surface area contributed by atoms with Crippen molar-refractivity contribution in [3.63, 3.8) is 0 Å². The van der Waals surface area contributed by atoms with Gasteiger partial charge in [0.2, 0.25) is 0 Å². The zero-order chi connectivity index (χ0) is 9.68. The van der Waals surface area contributed by atoms with Crippen LogP contribution in [0.2, 0.25) is 0 Å². The van der Waals surface area contributed by atoms with Gasteiger partial charge in [-0.1, -0.05) is 12.1 Å². The first-order chi connectivity index (χ1) is 6.22. The maximum Gasteiger partial charge on any atom is 0.324 e. The Hall–Kier alpha value is -1.55. The molecule has 0 saturated heterocycles. The molecular weight excluding hydrogens is 168 g/mol. The van der Waals surface area contributed by atoms with Gasteiger partial charge in [0.25, 0.3) is 0 Å². The van der Waals surface area contributed by atoms with Gasteiger partial charge in [-0.15, -0.1) is 0 Å². The third kappa shape index (κ3) is 3.13. The van der Waals surface area contributed by atoms with E-state index in [0.29, 0.717) is 18.5 Å². The van der Waals surface area contributed by atoms with Crippen molar-refractivity contribution < 1.29 is 9.63 Å². The van der Waals surface area contributed by atoms with Gasteiger partial charge in [0.1, 0.15) is 0 Å². The van der Waals surface area contributed by atoms with Crippen LogP contribution in [0, 0.1) is 0 Å². The lowest BCUT2D eigenvalue weighted by Crippen LogP contribution is -2.10. The molecule has 0 bridgehead atoms. The Morgan fingerprint density at radius 3 is 2.46 bits per heavy atom. The average molecular weight is 180 g/mol. The predicted molar refractivity (Wildman–Crippen MR) is 49.5 cm³/mol. The molecule has 0 aliphatic heterocycles. The van der Waals surface area contributed by atoms with Crippen LogP contribution in [0.4, 0.5) is 5.69 Å². The molecule has 1 aromatic rings. The number of anilines is 1. The highest BCUT2D eigenvalue weighted by atomic mass is 16.7. The SMILES string of the molecule is NOC(=O)CCc1ccc(N)cc1. The van der Waals surface area contributed by atoms with Crippen LogP contribution in [0.5, 0.6) is 0 Å². The van der Waals surface area contributed by atoms with E-state index in [0.717, 1.165) is 5.56 Å². The van der Waals surface area contributed by atoms with Gasteiger partial charge in [0.05, 0.1) is 6.42 Å². The molecule has 0 unspecified atom stereocenters. The van der Waals surface area contributed by atoms with Gasteiger partial charge >= 0.3 is 5.97 Å². The molecule has 0 aromatic heterocycles. The number of rotatable bonds is 3. The first-order valence-electron chi connectivity index (χ1n) is 3.96. The number of nitrogens with two attached hydrogens (primary N) is 2. The molecule has 0 saturated carbocycles. The van der Waals surface area contributed by atoms with Gasteiger partial charge in [0, 0.05) is 5.69 Å². The molecule has 1 rings (SSSR count). The summed E-state index contributed by atoms with van der Waals surface area (Å²) < 4.78 is 0. The second-order valence-corrected chi connectivity index (χ2v) is 2.73. The van der Waals surface area contributed by atoms with Crippen molar-refractivity contribution in [3.05, 3.63) is 29.8 Å². The molecule has 4 heteroatoms. The molecule has 0 aliphatic carbocycles. The summed E-state index contributed by atoms with van der Waals surface area (Å²) in [4.78, 5) is 14.7. The average Bonchev–Trinajstić information content (AvgIpc) is 2.16. The standard InChI is InChI=1S/C9H12N2O2/c10-8-4-1-7(2-5-8)3-6-9(12)13-11/h1-2,4-5H,3,6,10-11H2. The highest BCUT2D eigenvalue weighted by molar-refractivity contribution is 5.69. The Labute approximate surface area is 76.4 Å². The molecule has 0 radical (unpaired) electrons. The van der Waals surface area contributed by atoms with Crippen LogP contribution >= 0.6 is 0 Å². The van der Waals surface area contributed by atoms with Crippen LogP contribution in [0.25, 0.3) is 0 Å². The van der Waals surface area contributed by atoms with Crippen LogP contribution in [-0.2, 0) is 16.1 Å². The van der Waals surface area contributed by atoms with E-state index < -0.39 is 5.97 Å². The molecule has 0 atom stereocenters. The fourth-order valence-electron chi connectivity index (χ4n) is 0.990. The number of benzene rings is 1. The smallest absolute Gasteiger partial charge is 0.324 e. The topological polar surface area (TPSA) is 78.3 Å². The van der Waals surface area contributed by atoms with Crippen molar-refractivity contribution in [1.82, 2.24) is 0 Å². The Kier molecular flexibility index (Phi) is 3.28. The van der Waals surface area contributed by atoms with Gasteiger partial charge in [-0.2, -0.15) is 5.90 Å². The van der Waals surface area contributed by atoms with Crippen LogP contribution in [-0.4, -0.2) is 5.97 Å². The van der Waals surface area contributed by atoms with Crippen molar-refractivity contribution in [2.75, 3.05) is 5.73 Å². The van der Waals surface area contributed by atoms with E-state index in [1.807, 2.05) is 12.1 Å². The van der Waals surface area contributed by atoms with E-state index in [-0.39, 0.29) is 0 Å². The van der Waals surface area contributed by atoms with Gasteiger partial charge in [-0.25, -0.2) is 0 Å². The zero-order valence-corrected chi connectivity index (χ0v) is 7.19. The van der Waals surface area contributed by atoms with Crippen molar-refractivity contribution >= 4 is 11.7 Å². The van der Waals surface area contributed by atoms with E-state index >= 15 is 0 Å². The fraction of sp³-hybridized carbons (Fsp3) is 0.222. The predicted octanol–water partition coefficient (Wildman–Crippen LogP) is 0.618. The van der Waals surface area contributed by atoms with Crippen LogP contribution < -0.4 is 11.6 Å². The minimum Gasteiger partial charge on any atom is -0.399 e. The molecule has 0 fully saturated rings. The fourth-order valence-corrected chi connectivity index (χ4v) is 0.990. The third-order valence-corrected chi connectivity index (χ3v) is 1.73. The third-order valence-electron chi connectivity index (χ3n) is 1.73. The van der Waals surface area contributed by atoms with E-state index in [2.05, 4.69) is 4.84 Å². The van der Waals surface area contributed by atoms with Gasteiger partial charge in [-0.3, -0.25) is 4.79 Å². The van der Waals surface area contributed by atoms with Gasteiger partial charge in [-0.05, 0) is 24.1 Å². The van der Waals surface area contributed by atoms with Crippen molar-refractivity contribution in [1.29, 1.82) is 0 Å². The van der Waals surface area contributed by atoms with E-state index in [9.17, 15) is 4.79 Å². The Bertz CT molecular complexity index is 282. The van der Waals surface area contributed by atoms with Crippen LogP contribution in [0.15, 0.2) is 24.3 Å². The van der Waals surface area contributed by atoms with E-state index in [4.69, 9.17) is 11.6 Å². The lowest BCUT2D eigenvalue weighted by atomic mass is 10.1. The Morgan fingerprint density at radius 2 is 1.92 bits per heavy atom. The lowest BCUT2D eigenvalue weighted by molar-refractivity contribution is -0.144. The van der Waals surface area contributed by atoms with E-state index in [1.54, 1.807) is 12.1 Å². The molecule has 70 valence electrons. The maximum absolute atomic E-state index is 10.7. The summed E-state index contributed by atoms with van der Waals surface area (Å²) in [6.07, 6.45) is 0.913. The van der Waals surface area contributed by atoms with Crippen molar-refractivity contribution in [2.24, 2.45) is 5.90 Å². The van der Waals surface area contributed by atoms with E-state index in [1.165, 1.54) is 0 Å². The maximum atomic E-state index is 10.7. The Balaban J connectivity index is 2.46. The summed E-state index contributed by atoms with van der Waals surface area (Å²) in [5.74, 6) is 4.29. The number of aryl methyl sites for hydroxylation is 1. The summed E-state index contributed by atoms with van der Waals surface area (Å²) in [5.41, 5.74) is 7.25. The number of carbonyl (C=O) groups excluding carboxylic acids is 1. The number of hydrogen-bond acceptors (Lipinski definition) is 4. The number of nitrogen functional groups attached to an aromatic ring is 1. The summed E-state index contributed by atoms with van der Waals surface area (Å²) in [5, 5.41) is 0. The highest BCUT2D eigenvalue weighted by Crippen LogP contribution is 2.07. The van der Waals surface area contributed by atoms with Crippen molar-refractivity contribution in [2.45, 2.75) is 12.8 Å². The molecule has 4 nitrogen and oxygen atoms in total. The van der Waals surface area contributed by atoms with Crippen LogP contribution in [0.1, 0.15) is 12.0 Å². The molecule has 4 N–H and O–H groups in total. The number of carbonyl (C=O) groups is 1. The molecule has 0 heterocycles. The first-order valence-corrected chi connectivity index (χ1v) is 3.96. The molecular formula is C9H12N2O2. The zero-order valence-electron chi connectivity index (χ0n) is 7.19. The largest absolute Gasteiger partial charge is 0.399 e. The number of hydrogen-bond donors (Lipinski definition) is 2. The first kappa shape index (κ1) is 9.54. The monoisotopic (exact) mass is 180 g/mol. The van der Waals surface area contributed by atoms with Crippen LogP contribution in [0.3, 0.4) is 0 Å². The summed E-state index contributed by atoms with van der Waals surface area (Å²) in [6.45, 7) is 0. The van der Waals surface area contributed by atoms with Gasteiger partial charge in [0.15, 0.2) is 0 Å². The molecule has 1 aromatic carbocycles. The Morgan fingerprint density at radius 1 is 1.31 bits per heavy atom. The molecule has 0 spiro atoms. The molecule has 0 amide bonds. The second-order valence-electron chi connectivity index (χ2n) is 2.73. The lowest BCUT2D eigenvalue weighted by Gasteiger charge is -2.00. The minimum absolute atomic E-state index is 0.292. The normalized spacial score (nSPS) is 9.62. The van der Waals surface area contributed by atoms with Gasteiger partial charge < -0.3 is 10.6 Å². The quantitative estimate of drug-likeness (QED) is 0.528. The second kappa shape index (κ2) is 4.47. The summed E-state index contributed by atoms with van der Waals surface area (Å²) in [7, 11) is 0. The minimum atomic E-state index is -0.406. The summed E-state index contributed by atoms with van der Waals surface area (Å²) >= 11 is 0. The summed E-state index contributed by atoms with van der Waals surface area (Å²) in [6, 6.07) is 7.34. The molecule has 13 heavy (non-hydrogen) atoms. The van der Waals surface area contributed by atoms with Crippen molar-refractivity contribution in [3.8, 4) is 0 Å². The molecule has 0 aliphatic rings. The highest BCUT2D eigenvalue weighted by Gasteiger charge is 2.01.